The molecule has 5 nitrogen and oxygen atoms in total. The van der Waals surface area contributed by atoms with Gasteiger partial charge in [-0.2, -0.15) is 0 Å². The highest BCUT2D eigenvalue weighted by Gasteiger charge is 2.17. The Kier molecular flexibility index (Phi) is 5.25. The molecule has 0 amide bonds. The number of hydrogen-bond donors (Lipinski definition) is 2. The minimum atomic E-state index is -3.69. The Bertz CT molecular complexity index is 402. The summed E-state index contributed by atoms with van der Waals surface area (Å²) in [6.07, 6.45) is 0. The molecule has 0 aliphatic heterocycles. The summed E-state index contributed by atoms with van der Waals surface area (Å²) in [5.74, 6) is -0.405. The molecule has 0 rings (SSSR count). The second-order valence-corrected chi connectivity index (χ2v) is 7.85. The first kappa shape index (κ1) is 14.9. The Morgan fingerprint density at radius 3 is 2.00 bits per heavy atom. The molecule has 0 aromatic heterocycles. The Morgan fingerprint density at radius 2 is 1.67 bits per heavy atom. The highest BCUT2D eigenvalue weighted by Crippen LogP contribution is 2.00. The van der Waals surface area contributed by atoms with Crippen LogP contribution >= 0.6 is 0 Å². The molecule has 0 aliphatic rings. The van der Waals surface area contributed by atoms with Gasteiger partial charge in [0.25, 0.3) is 0 Å². The lowest BCUT2D eigenvalue weighted by Crippen LogP contribution is -2.35. The van der Waals surface area contributed by atoms with Gasteiger partial charge >= 0.3 is 0 Å². The average Bonchev–Trinajstić information content (AvgIpc) is 1.73. The van der Waals surface area contributed by atoms with E-state index in [1.165, 1.54) is 0 Å². The van der Waals surface area contributed by atoms with Gasteiger partial charge in [0.2, 0.25) is 10.0 Å². The first-order chi connectivity index (χ1) is 6.54. The van der Waals surface area contributed by atoms with Crippen molar-refractivity contribution in [2.45, 2.75) is 27.7 Å². The molecule has 0 spiro atoms. The van der Waals surface area contributed by atoms with Crippen LogP contribution in [0, 0.1) is 11.8 Å². The van der Waals surface area contributed by atoms with Crippen molar-refractivity contribution in [3.05, 3.63) is 0 Å². The highest BCUT2D eigenvalue weighted by molar-refractivity contribution is 8.07. The predicted molar refractivity (Wildman–Crippen MR) is 63.4 cm³/mol. The van der Waals surface area contributed by atoms with Crippen LogP contribution in [0.1, 0.15) is 27.7 Å². The van der Waals surface area contributed by atoms with E-state index >= 15 is 0 Å². The third-order valence-corrected chi connectivity index (χ3v) is 5.25. The molecule has 2 N–H and O–H groups in total. The van der Waals surface area contributed by atoms with Gasteiger partial charge in [-0.15, -0.1) is 4.13 Å². The zero-order valence-corrected chi connectivity index (χ0v) is 11.1. The van der Waals surface area contributed by atoms with Crippen LogP contribution in [0.15, 0.2) is 0 Å². The predicted octanol–water partition coefficient (Wildman–Crippen LogP) is 0.692. The molecular weight excluding hydrogens is 238 g/mol. The first-order valence-corrected chi connectivity index (χ1v) is 7.90. The largest absolute Gasteiger partial charge is 0.302 e. The van der Waals surface area contributed by atoms with E-state index in [2.05, 4.69) is 0 Å². The third kappa shape index (κ3) is 7.78. The lowest BCUT2D eigenvalue weighted by atomic mass is 10.3. The van der Waals surface area contributed by atoms with Crippen molar-refractivity contribution in [1.82, 2.24) is 4.13 Å². The monoisotopic (exact) mass is 257 g/mol. The molecule has 0 saturated heterocycles. The van der Waals surface area contributed by atoms with E-state index in [0.29, 0.717) is 0 Å². The minimum Gasteiger partial charge on any atom is -0.302 e. The van der Waals surface area contributed by atoms with Crippen LogP contribution in [-0.2, 0) is 20.0 Å². The lowest BCUT2D eigenvalue weighted by Gasteiger charge is -2.10. The summed E-state index contributed by atoms with van der Waals surface area (Å²) in [6.45, 7) is 6.86. The summed E-state index contributed by atoms with van der Waals surface area (Å²) in [5.41, 5.74) is 0. The van der Waals surface area contributed by atoms with E-state index in [1.54, 1.807) is 31.8 Å². The fourth-order valence-corrected chi connectivity index (χ4v) is 4.62. The second-order valence-electron chi connectivity index (χ2n) is 4.21. The zero-order valence-electron chi connectivity index (χ0n) is 9.43. The summed E-state index contributed by atoms with van der Waals surface area (Å²) in [6, 6.07) is 0. The lowest BCUT2D eigenvalue weighted by molar-refractivity contribution is 0.546. The Morgan fingerprint density at radius 1 is 1.20 bits per heavy atom. The Balaban J connectivity index is 4.82. The van der Waals surface area contributed by atoms with Gasteiger partial charge < -0.3 is 4.55 Å². The van der Waals surface area contributed by atoms with Crippen LogP contribution in [-0.4, -0.2) is 28.3 Å². The molecule has 0 saturated carbocycles. The standard InChI is InChI=1S/C8H19NO4S2/c1-7(2)5-14(10,11)9-15(12,13)6-8(3)4/h5,7-8H,6H2,1-4H3,(H2,9,10,11). The van der Waals surface area contributed by atoms with E-state index in [9.17, 15) is 17.2 Å². The molecule has 0 radical (unpaired) electrons. The number of sulfonamides is 1. The zero-order chi connectivity index (χ0) is 12.3. The maximum absolute atomic E-state index is 11.4. The van der Waals surface area contributed by atoms with Gasteiger partial charge in [0.05, 0.1) is 5.75 Å². The van der Waals surface area contributed by atoms with Crippen molar-refractivity contribution < 1.29 is 17.2 Å². The van der Waals surface area contributed by atoms with Crippen LogP contribution in [0.2, 0.25) is 0 Å². The molecule has 0 aliphatic carbocycles. The van der Waals surface area contributed by atoms with E-state index in [-0.39, 0.29) is 17.6 Å². The van der Waals surface area contributed by atoms with E-state index in [1.807, 2.05) is 0 Å². The van der Waals surface area contributed by atoms with Crippen LogP contribution in [0.4, 0.5) is 0 Å². The molecule has 0 heterocycles. The normalized spacial score (nSPS) is 16.7. The summed E-state index contributed by atoms with van der Waals surface area (Å²) in [7, 11) is -7.29. The molecular formula is C8H19NO4S2. The molecule has 0 aromatic rings. The highest BCUT2D eigenvalue weighted by atomic mass is 32.3. The summed E-state index contributed by atoms with van der Waals surface area (Å²) < 4.78 is 45.2. The van der Waals surface area contributed by atoms with Crippen molar-refractivity contribution in [2.75, 3.05) is 5.75 Å². The van der Waals surface area contributed by atoms with Crippen molar-refractivity contribution in [3.8, 4) is 0 Å². The molecule has 1 unspecified atom stereocenters. The fraction of sp³-hybridized carbons (Fsp3) is 0.875. The number of nitrogens with one attached hydrogen (secondary N) is 1. The van der Waals surface area contributed by atoms with Crippen molar-refractivity contribution >= 4 is 25.4 Å². The Labute approximate surface area is 92.3 Å². The molecule has 0 fully saturated rings. The fourth-order valence-electron chi connectivity index (χ4n) is 1.05. The maximum Gasteiger partial charge on any atom is 0.224 e. The molecule has 92 valence electrons. The smallest absolute Gasteiger partial charge is 0.224 e. The Hall–Kier alpha value is -0.110. The van der Waals surface area contributed by atoms with E-state index in [0.717, 1.165) is 5.37 Å². The molecule has 7 heteroatoms. The maximum atomic E-state index is 11.4. The van der Waals surface area contributed by atoms with Gasteiger partial charge in [-0.05, 0) is 11.8 Å². The minimum absolute atomic E-state index is 0.0863. The topological polar surface area (TPSA) is 83.5 Å². The quantitative estimate of drug-likeness (QED) is 0.710. The van der Waals surface area contributed by atoms with Crippen molar-refractivity contribution in [2.24, 2.45) is 11.8 Å². The molecule has 0 bridgehead atoms. The summed E-state index contributed by atoms with van der Waals surface area (Å²) in [4.78, 5) is 0. The van der Waals surface area contributed by atoms with Crippen LogP contribution < -0.4 is 4.13 Å². The number of hydrogen-bond acceptors (Lipinski definition) is 3. The third-order valence-electron chi connectivity index (χ3n) is 1.26. The van der Waals surface area contributed by atoms with Gasteiger partial charge in [-0.25, -0.2) is 12.6 Å². The molecule has 1 atom stereocenters. The summed E-state index contributed by atoms with van der Waals surface area (Å²) >= 11 is 0. The first-order valence-electron chi connectivity index (χ1n) is 4.67. The SMILES string of the molecule is CC(C)C=S(=O)(O)NS(=O)(=O)CC(C)C. The molecule has 0 aromatic carbocycles. The van der Waals surface area contributed by atoms with Gasteiger partial charge in [-0.1, -0.05) is 27.7 Å². The number of rotatable bonds is 5. The van der Waals surface area contributed by atoms with Gasteiger partial charge in [0.15, 0.2) is 9.99 Å². The average molecular weight is 257 g/mol. The van der Waals surface area contributed by atoms with Crippen molar-refractivity contribution in [1.29, 1.82) is 0 Å². The molecule has 15 heavy (non-hydrogen) atoms. The summed E-state index contributed by atoms with van der Waals surface area (Å²) in [5, 5.41) is 1.09. The van der Waals surface area contributed by atoms with Crippen LogP contribution in [0.3, 0.4) is 0 Å². The van der Waals surface area contributed by atoms with Gasteiger partial charge in [0, 0.05) is 5.37 Å². The van der Waals surface area contributed by atoms with Crippen LogP contribution in [0.5, 0.6) is 0 Å². The van der Waals surface area contributed by atoms with Gasteiger partial charge in [-0.3, -0.25) is 0 Å². The van der Waals surface area contributed by atoms with Crippen molar-refractivity contribution in [3.63, 3.8) is 0 Å². The van der Waals surface area contributed by atoms with Gasteiger partial charge in [0.1, 0.15) is 0 Å². The van der Waals surface area contributed by atoms with E-state index in [4.69, 9.17) is 0 Å². The second kappa shape index (κ2) is 5.29. The van der Waals surface area contributed by atoms with Crippen LogP contribution in [0.25, 0.3) is 0 Å². The van der Waals surface area contributed by atoms with E-state index < -0.39 is 20.0 Å².